The first-order chi connectivity index (χ1) is 16.4. The minimum atomic E-state index is -0.841. The number of aliphatic carboxylic acids is 1. The molecular weight excluding hydrogens is 494 g/mol. The fourth-order valence-corrected chi connectivity index (χ4v) is 4.40. The number of rotatable bonds is 9. The first kappa shape index (κ1) is 23.9. The van der Waals surface area contributed by atoms with E-state index < -0.39 is 11.9 Å². The molecule has 3 aromatic carbocycles. The molecule has 0 aliphatic carbocycles. The van der Waals surface area contributed by atoms with Crippen LogP contribution in [0.5, 0.6) is 0 Å². The van der Waals surface area contributed by atoms with Crippen LogP contribution in [0.15, 0.2) is 76.2 Å². The van der Waals surface area contributed by atoms with E-state index in [9.17, 15) is 9.59 Å². The zero-order valence-electron chi connectivity index (χ0n) is 18.8. The predicted molar refractivity (Wildman–Crippen MR) is 138 cm³/mol. The number of carboxylic acids is 1. The van der Waals surface area contributed by atoms with Gasteiger partial charge in [-0.05, 0) is 65.6 Å². The largest absolute Gasteiger partial charge is 0.481 e. The van der Waals surface area contributed by atoms with Crippen LogP contribution in [0.2, 0.25) is 0 Å². The van der Waals surface area contributed by atoms with Crippen LogP contribution in [0.25, 0.3) is 0 Å². The highest BCUT2D eigenvalue weighted by molar-refractivity contribution is 9.10. The SMILES string of the molecule is CCNCc1ccc(N=C(c2cccc(CCC(=O)O)c2)C2C(=O)Nc3cc(Br)ccc32)cc1. The van der Waals surface area contributed by atoms with Crippen molar-refractivity contribution in [2.75, 3.05) is 11.9 Å². The Labute approximate surface area is 207 Å². The van der Waals surface area contributed by atoms with E-state index in [1.165, 1.54) is 0 Å². The summed E-state index contributed by atoms with van der Waals surface area (Å²) >= 11 is 3.47. The van der Waals surface area contributed by atoms with Crippen LogP contribution >= 0.6 is 15.9 Å². The third kappa shape index (κ3) is 5.61. The molecule has 1 unspecified atom stereocenters. The number of hydrogen-bond acceptors (Lipinski definition) is 4. The summed E-state index contributed by atoms with van der Waals surface area (Å²) in [6, 6.07) is 21.4. The molecule has 1 aliphatic rings. The number of aryl methyl sites for hydroxylation is 1. The zero-order valence-corrected chi connectivity index (χ0v) is 20.4. The fourth-order valence-electron chi connectivity index (χ4n) is 4.04. The highest BCUT2D eigenvalue weighted by Gasteiger charge is 2.35. The van der Waals surface area contributed by atoms with Gasteiger partial charge in [-0.3, -0.25) is 14.6 Å². The molecule has 6 nitrogen and oxygen atoms in total. The molecule has 1 atom stereocenters. The molecule has 34 heavy (non-hydrogen) atoms. The number of anilines is 1. The van der Waals surface area contributed by atoms with E-state index in [-0.39, 0.29) is 12.3 Å². The standard InChI is InChI=1S/C27H26BrN3O3/c1-2-29-16-18-6-10-21(11-7-18)30-26(19-5-3-4-17(14-19)8-13-24(32)33)25-22-12-9-20(28)15-23(22)31-27(25)34/h3-7,9-12,14-15,25,29H,2,8,13,16H2,1H3,(H,31,34)(H,32,33). The van der Waals surface area contributed by atoms with Gasteiger partial charge in [0.25, 0.3) is 0 Å². The van der Waals surface area contributed by atoms with Crippen molar-refractivity contribution in [3.8, 4) is 0 Å². The van der Waals surface area contributed by atoms with Gasteiger partial charge in [0, 0.05) is 23.1 Å². The maximum absolute atomic E-state index is 13.1. The maximum atomic E-state index is 13.1. The molecule has 0 saturated carbocycles. The number of nitrogens with one attached hydrogen (secondary N) is 2. The minimum Gasteiger partial charge on any atom is -0.481 e. The van der Waals surface area contributed by atoms with Gasteiger partial charge in [-0.15, -0.1) is 0 Å². The average Bonchev–Trinajstić information content (AvgIpc) is 3.15. The van der Waals surface area contributed by atoms with Crippen LogP contribution in [-0.2, 0) is 22.6 Å². The van der Waals surface area contributed by atoms with Gasteiger partial charge in [-0.25, -0.2) is 0 Å². The lowest BCUT2D eigenvalue weighted by Crippen LogP contribution is -2.22. The summed E-state index contributed by atoms with van der Waals surface area (Å²) < 4.78 is 0.887. The second-order valence-electron chi connectivity index (χ2n) is 8.19. The van der Waals surface area contributed by atoms with E-state index in [1.807, 2.05) is 66.7 Å². The number of fused-ring (bicyclic) bond motifs is 1. The third-order valence-corrected chi connectivity index (χ3v) is 6.23. The van der Waals surface area contributed by atoms with Crippen LogP contribution < -0.4 is 10.6 Å². The topological polar surface area (TPSA) is 90.8 Å². The van der Waals surface area contributed by atoms with E-state index in [0.29, 0.717) is 12.1 Å². The first-order valence-electron chi connectivity index (χ1n) is 11.2. The molecule has 3 aromatic rings. The van der Waals surface area contributed by atoms with Crippen molar-refractivity contribution in [3.63, 3.8) is 0 Å². The molecule has 7 heteroatoms. The molecule has 0 spiro atoms. The Morgan fingerprint density at radius 3 is 2.62 bits per heavy atom. The molecule has 1 heterocycles. The van der Waals surface area contributed by atoms with Crippen molar-refractivity contribution in [2.45, 2.75) is 32.2 Å². The van der Waals surface area contributed by atoms with Crippen molar-refractivity contribution in [3.05, 3.63) is 93.5 Å². The van der Waals surface area contributed by atoms with Crippen LogP contribution in [0, 0.1) is 0 Å². The number of carbonyl (C=O) groups is 2. The van der Waals surface area contributed by atoms with Crippen LogP contribution in [0.1, 0.15) is 41.5 Å². The van der Waals surface area contributed by atoms with Gasteiger partial charge in [0.2, 0.25) is 5.91 Å². The Morgan fingerprint density at radius 1 is 1.09 bits per heavy atom. The lowest BCUT2D eigenvalue weighted by Gasteiger charge is -2.15. The van der Waals surface area contributed by atoms with Crippen molar-refractivity contribution >= 4 is 44.9 Å². The summed E-state index contributed by atoms with van der Waals surface area (Å²) in [7, 11) is 0. The minimum absolute atomic E-state index is 0.0456. The number of benzene rings is 3. The number of aliphatic imine (C=N–C) groups is 1. The summed E-state index contributed by atoms with van der Waals surface area (Å²) in [5.74, 6) is -1.54. The highest BCUT2D eigenvalue weighted by atomic mass is 79.9. The van der Waals surface area contributed by atoms with Gasteiger partial charge in [0.1, 0.15) is 5.92 Å². The molecule has 174 valence electrons. The molecule has 0 saturated heterocycles. The molecule has 1 amide bonds. The Hall–Kier alpha value is -3.29. The monoisotopic (exact) mass is 519 g/mol. The van der Waals surface area contributed by atoms with Gasteiger partial charge >= 0.3 is 5.97 Å². The number of halogens is 1. The Bertz CT molecular complexity index is 1240. The summed E-state index contributed by atoms with van der Waals surface area (Å²) in [6.45, 7) is 3.75. The van der Waals surface area contributed by atoms with Crippen LogP contribution in [0.4, 0.5) is 11.4 Å². The van der Waals surface area contributed by atoms with Gasteiger partial charge in [0.05, 0.1) is 11.4 Å². The smallest absolute Gasteiger partial charge is 0.303 e. The van der Waals surface area contributed by atoms with Crippen molar-refractivity contribution in [2.24, 2.45) is 4.99 Å². The summed E-state index contributed by atoms with van der Waals surface area (Å²) in [6.07, 6.45) is 0.458. The molecule has 0 aromatic heterocycles. The molecule has 4 rings (SSSR count). The molecule has 0 fully saturated rings. The molecule has 0 bridgehead atoms. The summed E-state index contributed by atoms with van der Waals surface area (Å²) in [5.41, 5.74) is 5.87. The number of carboxylic acid groups (broad SMARTS) is 1. The lowest BCUT2D eigenvalue weighted by atomic mass is 9.89. The van der Waals surface area contributed by atoms with Gasteiger partial charge in [-0.2, -0.15) is 0 Å². The van der Waals surface area contributed by atoms with Crippen molar-refractivity contribution in [1.82, 2.24) is 5.32 Å². The van der Waals surface area contributed by atoms with Gasteiger partial charge < -0.3 is 15.7 Å². The van der Waals surface area contributed by atoms with Crippen molar-refractivity contribution in [1.29, 1.82) is 0 Å². The zero-order chi connectivity index (χ0) is 24.1. The second kappa shape index (κ2) is 10.8. The summed E-state index contributed by atoms with van der Waals surface area (Å²) in [4.78, 5) is 29.1. The van der Waals surface area contributed by atoms with E-state index in [2.05, 4.69) is 33.5 Å². The summed E-state index contributed by atoms with van der Waals surface area (Å²) in [5, 5.41) is 15.4. The highest BCUT2D eigenvalue weighted by Crippen LogP contribution is 2.38. The lowest BCUT2D eigenvalue weighted by molar-refractivity contribution is -0.137. The number of amides is 1. The van der Waals surface area contributed by atoms with Gasteiger partial charge in [0.15, 0.2) is 0 Å². The number of carbonyl (C=O) groups excluding carboxylic acids is 1. The van der Waals surface area contributed by atoms with E-state index in [0.717, 1.165) is 51.2 Å². The Kier molecular flexibility index (Phi) is 7.55. The number of nitrogens with zero attached hydrogens (tertiary/aromatic N) is 1. The van der Waals surface area contributed by atoms with E-state index in [1.54, 1.807) is 0 Å². The van der Waals surface area contributed by atoms with Crippen LogP contribution in [-0.4, -0.2) is 29.2 Å². The quantitative estimate of drug-likeness (QED) is 0.328. The molecular formula is C27H26BrN3O3. The second-order valence-corrected chi connectivity index (χ2v) is 9.11. The third-order valence-electron chi connectivity index (χ3n) is 5.74. The van der Waals surface area contributed by atoms with Gasteiger partial charge in [-0.1, -0.05) is 59.3 Å². The Balaban J connectivity index is 1.76. The fraction of sp³-hybridized carbons (Fsp3) is 0.222. The molecule has 3 N–H and O–H groups in total. The van der Waals surface area contributed by atoms with Crippen molar-refractivity contribution < 1.29 is 14.7 Å². The molecule has 1 aliphatic heterocycles. The maximum Gasteiger partial charge on any atom is 0.303 e. The molecule has 0 radical (unpaired) electrons. The number of hydrogen-bond donors (Lipinski definition) is 3. The Morgan fingerprint density at radius 2 is 1.88 bits per heavy atom. The van der Waals surface area contributed by atoms with E-state index in [4.69, 9.17) is 10.1 Å². The average molecular weight is 520 g/mol. The van der Waals surface area contributed by atoms with E-state index >= 15 is 0 Å². The first-order valence-corrected chi connectivity index (χ1v) is 12.0. The normalized spacial score (nSPS) is 15.2. The predicted octanol–water partition coefficient (Wildman–Crippen LogP) is 5.43. The van der Waals surface area contributed by atoms with Crippen LogP contribution in [0.3, 0.4) is 0 Å².